The lowest BCUT2D eigenvalue weighted by atomic mass is 10.0. The summed E-state index contributed by atoms with van der Waals surface area (Å²) in [7, 11) is 0. The fraction of sp³-hybridized carbons (Fsp3) is 0.444. The molecule has 0 radical (unpaired) electrons. The Kier molecular flexibility index (Phi) is 6.25. The Morgan fingerprint density at radius 3 is 2.23 bits per heavy atom. The molecule has 0 spiro atoms. The predicted octanol–water partition coefficient (Wildman–Crippen LogP) is 5.92. The van der Waals surface area contributed by atoms with Crippen LogP contribution >= 0.6 is 0 Å². The number of hydrogen-bond donors (Lipinski definition) is 0. The van der Waals surface area contributed by atoms with E-state index in [0.717, 1.165) is 22.4 Å². The van der Waals surface area contributed by atoms with Gasteiger partial charge in [0.2, 0.25) is 0 Å². The maximum atomic E-state index is 12.9. The highest BCUT2D eigenvalue weighted by atomic mass is 16.6. The zero-order valence-electron chi connectivity index (χ0n) is 21.5. The summed E-state index contributed by atoms with van der Waals surface area (Å²) in [6.07, 6.45) is -0.824. The van der Waals surface area contributed by atoms with Crippen LogP contribution in [0.1, 0.15) is 52.9 Å². The Bertz CT molecular complexity index is 1280. The van der Waals surface area contributed by atoms with E-state index in [1.807, 2.05) is 77.9 Å². The Hall–Kier alpha value is -3.55. The molecule has 1 aromatic heterocycles. The quantitative estimate of drug-likeness (QED) is 0.431. The van der Waals surface area contributed by atoms with Gasteiger partial charge in [0.25, 0.3) is 0 Å². The summed E-state index contributed by atoms with van der Waals surface area (Å²) in [6.45, 7) is 14.1. The van der Waals surface area contributed by atoms with E-state index in [1.165, 1.54) is 4.57 Å². The number of nitrogens with zero attached hydrogens (tertiary/aromatic N) is 3. The minimum Gasteiger partial charge on any atom is -0.491 e. The van der Waals surface area contributed by atoms with Crippen molar-refractivity contribution in [1.29, 1.82) is 0 Å². The average Bonchev–Trinajstić information content (AvgIpc) is 2.91. The summed E-state index contributed by atoms with van der Waals surface area (Å²) >= 11 is 0. The zero-order valence-corrected chi connectivity index (χ0v) is 21.5. The fourth-order valence-corrected chi connectivity index (χ4v) is 3.97. The molecule has 2 aromatic carbocycles. The first-order valence-electron chi connectivity index (χ1n) is 11.8. The maximum absolute atomic E-state index is 12.9. The van der Waals surface area contributed by atoms with Crippen molar-refractivity contribution < 1.29 is 23.8 Å². The van der Waals surface area contributed by atoms with E-state index in [9.17, 15) is 9.59 Å². The first-order valence-corrected chi connectivity index (χ1v) is 11.8. The van der Waals surface area contributed by atoms with Gasteiger partial charge in [-0.3, -0.25) is 0 Å². The third-order valence-corrected chi connectivity index (χ3v) is 5.42. The van der Waals surface area contributed by atoms with Crippen molar-refractivity contribution >= 4 is 23.2 Å². The summed E-state index contributed by atoms with van der Waals surface area (Å²) in [4.78, 5) is 31.7. The first-order chi connectivity index (χ1) is 16.3. The monoisotopic (exact) mass is 479 g/mol. The second-order valence-corrected chi connectivity index (χ2v) is 10.8. The van der Waals surface area contributed by atoms with E-state index in [1.54, 1.807) is 11.8 Å². The molecule has 1 amide bonds. The van der Waals surface area contributed by atoms with Gasteiger partial charge in [-0.25, -0.2) is 19.1 Å². The molecule has 8 heteroatoms. The topological polar surface area (TPSA) is 82.9 Å². The molecule has 0 saturated heterocycles. The van der Waals surface area contributed by atoms with Gasteiger partial charge in [0.1, 0.15) is 29.4 Å². The molecule has 0 bridgehead atoms. The summed E-state index contributed by atoms with van der Waals surface area (Å²) in [5.41, 5.74) is 2.95. The lowest BCUT2D eigenvalue weighted by Gasteiger charge is -2.26. The zero-order chi connectivity index (χ0) is 25.5. The number of benzene rings is 2. The Morgan fingerprint density at radius 2 is 1.54 bits per heavy atom. The molecule has 8 nitrogen and oxygen atoms in total. The van der Waals surface area contributed by atoms with E-state index in [2.05, 4.69) is 4.98 Å². The van der Waals surface area contributed by atoms with Crippen LogP contribution in [0.3, 0.4) is 0 Å². The fourth-order valence-electron chi connectivity index (χ4n) is 3.97. The number of aromatic nitrogens is 2. The minimum absolute atomic E-state index is 0.363. The molecule has 0 unspecified atom stereocenters. The number of carbonyl (C=O) groups excluding carboxylic acids is 2. The summed E-state index contributed by atoms with van der Waals surface area (Å²) in [5.74, 6) is 1.31. The lowest BCUT2D eigenvalue weighted by molar-refractivity contribution is 0.0225. The number of aryl methyl sites for hydroxylation is 1. The van der Waals surface area contributed by atoms with Crippen LogP contribution in [0.5, 0.6) is 5.75 Å². The molecule has 35 heavy (non-hydrogen) atoms. The van der Waals surface area contributed by atoms with Crippen LogP contribution in [-0.4, -0.2) is 51.0 Å². The van der Waals surface area contributed by atoms with E-state index in [-0.39, 0.29) is 6.09 Å². The van der Waals surface area contributed by atoms with E-state index >= 15 is 0 Å². The van der Waals surface area contributed by atoms with Gasteiger partial charge in [0, 0.05) is 5.56 Å². The maximum Gasteiger partial charge on any atom is 0.420 e. The van der Waals surface area contributed by atoms with Crippen molar-refractivity contribution in [2.24, 2.45) is 0 Å². The van der Waals surface area contributed by atoms with Crippen molar-refractivity contribution in [3.8, 4) is 16.9 Å². The van der Waals surface area contributed by atoms with E-state index in [0.29, 0.717) is 36.6 Å². The third-order valence-electron chi connectivity index (χ3n) is 5.42. The molecule has 0 N–H and O–H groups in total. The van der Waals surface area contributed by atoms with Crippen molar-refractivity contribution in [3.05, 3.63) is 47.8 Å². The lowest BCUT2D eigenvalue weighted by Crippen LogP contribution is -2.37. The van der Waals surface area contributed by atoms with E-state index < -0.39 is 17.3 Å². The number of fused-ring (bicyclic) bond motifs is 2. The van der Waals surface area contributed by atoms with Crippen molar-refractivity contribution in [3.63, 3.8) is 0 Å². The molecule has 3 aromatic rings. The molecule has 0 atom stereocenters. The SMILES string of the molecule is Cc1nc2ccc(-c3ccc4c(c3)CN(C(=O)OC(C)(C)C)CCO4)cc2n1C(=O)OC(C)(C)C. The number of ether oxygens (including phenoxy) is 3. The normalized spacial score (nSPS) is 14.2. The highest BCUT2D eigenvalue weighted by Crippen LogP contribution is 2.32. The van der Waals surface area contributed by atoms with Crippen LogP contribution in [-0.2, 0) is 16.0 Å². The minimum atomic E-state index is -0.616. The Balaban J connectivity index is 1.68. The van der Waals surface area contributed by atoms with Crippen molar-refractivity contribution in [2.75, 3.05) is 13.2 Å². The molecule has 1 aliphatic heterocycles. The standard InChI is InChI=1S/C27H33N3O5/c1-17-28-21-10-8-19(15-22(21)30(17)25(32)35-27(5,6)7)18-9-11-23-20(14-18)16-29(12-13-33-23)24(31)34-26(2,3)4/h8-11,14-15H,12-13,16H2,1-7H3. The molecule has 0 saturated carbocycles. The highest BCUT2D eigenvalue weighted by Gasteiger charge is 2.26. The van der Waals surface area contributed by atoms with Gasteiger partial charge in [-0.05, 0) is 83.9 Å². The number of hydrogen-bond acceptors (Lipinski definition) is 6. The summed E-state index contributed by atoms with van der Waals surface area (Å²) < 4.78 is 18.5. The van der Waals surface area contributed by atoms with E-state index in [4.69, 9.17) is 14.2 Å². The second kappa shape index (κ2) is 8.91. The van der Waals surface area contributed by atoms with Gasteiger partial charge in [0.15, 0.2) is 0 Å². The van der Waals surface area contributed by atoms with Crippen LogP contribution in [0.4, 0.5) is 9.59 Å². The van der Waals surface area contributed by atoms with Crippen LogP contribution in [0.15, 0.2) is 36.4 Å². The third kappa shape index (κ3) is 5.58. The van der Waals surface area contributed by atoms with Crippen molar-refractivity contribution in [2.45, 2.75) is 66.2 Å². The summed E-state index contributed by atoms with van der Waals surface area (Å²) in [6, 6.07) is 11.7. The molecule has 1 aliphatic rings. The highest BCUT2D eigenvalue weighted by molar-refractivity contribution is 5.90. The smallest absolute Gasteiger partial charge is 0.420 e. The van der Waals surface area contributed by atoms with Gasteiger partial charge < -0.3 is 19.1 Å². The van der Waals surface area contributed by atoms with Gasteiger partial charge in [-0.1, -0.05) is 12.1 Å². The Labute approximate surface area is 205 Å². The Morgan fingerprint density at radius 1 is 0.914 bits per heavy atom. The number of rotatable bonds is 1. The molecule has 4 rings (SSSR count). The largest absolute Gasteiger partial charge is 0.491 e. The summed E-state index contributed by atoms with van der Waals surface area (Å²) in [5, 5.41) is 0. The van der Waals surface area contributed by atoms with Crippen LogP contribution in [0.25, 0.3) is 22.2 Å². The molecule has 0 fully saturated rings. The second-order valence-electron chi connectivity index (χ2n) is 10.8. The predicted molar refractivity (Wildman–Crippen MR) is 134 cm³/mol. The first kappa shape index (κ1) is 24.6. The molecular weight excluding hydrogens is 446 g/mol. The van der Waals surface area contributed by atoms with Crippen molar-refractivity contribution in [1.82, 2.24) is 14.5 Å². The molecule has 0 aliphatic carbocycles. The van der Waals surface area contributed by atoms with Crippen LogP contribution in [0.2, 0.25) is 0 Å². The van der Waals surface area contributed by atoms with Gasteiger partial charge in [-0.15, -0.1) is 0 Å². The number of carbonyl (C=O) groups is 2. The average molecular weight is 480 g/mol. The van der Waals surface area contributed by atoms with Gasteiger partial charge in [-0.2, -0.15) is 0 Å². The molecular formula is C27H33N3O5. The van der Waals surface area contributed by atoms with Gasteiger partial charge in [0.05, 0.1) is 24.1 Å². The van der Waals surface area contributed by atoms with Crippen LogP contribution < -0.4 is 4.74 Å². The number of imidazole rings is 1. The molecule has 2 heterocycles. The van der Waals surface area contributed by atoms with Gasteiger partial charge >= 0.3 is 12.2 Å². The molecule has 186 valence electrons. The number of amides is 1. The van der Waals surface area contributed by atoms with Crippen LogP contribution in [0, 0.1) is 6.92 Å².